The van der Waals surface area contributed by atoms with Crippen molar-refractivity contribution in [2.75, 3.05) is 5.73 Å². The Morgan fingerprint density at radius 2 is 2.06 bits per heavy atom. The molecule has 0 bridgehead atoms. The normalized spacial score (nSPS) is 10.9. The van der Waals surface area contributed by atoms with E-state index in [-0.39, 0.29) is 5.75 Å². The molecule has 0 aliphatic heterocycles. The molecule has 2 aromatic carbocycles. The molecule has 1 heterocycles. The minimum Gasteiger partial charge on any atom is -0.505 e. The topological polar surface area (TPSA) is 74.9 Å². The zero-order valence-corrected chi connectivity index (χ0v) is 10.9. The van der Waals surface area contributed by atoms with Gasteiger partial charge in [0.1, 0.15) is 11.6 Å². The number of rotatable bonds is 1. The lowest BCUT2D eigenvalue weighted by Crippen LogP contribution is -1.88. The first kappa shape index (κ1) is 11.1. The second kappa shape index (κ2) is 4.03. The highest BCUT2D eigenvalue weighted by Crippen LogP contribution is 2.33. The molecule has 0 saturated carbocycles. The second-order valence-corrected chi connectivity index (χ2v) is 4.91. The van der Waals surface area contributed by atoms with Gasteiger partial charge in [-0.3, -0.25) is 0 Å². The number of nitrogen functional groups attached to an aromatic ring is 1. The Hall–Kier alpha value is -2.01. The van der Waals surface area contributed by atoms with Gasteiger partial charge in [0.15, 0.2) is 0 Å². The van der Waals surface area contributed by atoms with Gasteiger partial charge in [0.2, 0.25) is 0 Å². The fourth-order valence-electron chi connectivity index (χ4n) is 1.86. The molecule has 5 heteroatoms. The van der Waals surface area contributed by atoms with E-state index in [9.17, 15) is 5.11 Å². The van der Waals surface area contributed by atoms with Crippen LogP contribution >= 0.6 is 15.9 Å². The van der Waals surface area contributed by atoms with Gasteiger partial charge in [-0.05, 0) is 30.3 Å². The van der Waals surface area contributed by atoms with Crippen molar-refractivity contribution >= 4 is 32.7 Å². The molecule has 0 radical (unpaired) electrons. The summed E-state index contributed by atoms with van der Waals surface area (Å²) >= 11 is 3.41. The van der Waals surface area contributed by atoms with E-state index in [4.69, 9.17) is 5.73 Å². The Labute approximate surface area is 112 Å². The summed E-state index contributed by atoms with van der Waals surface area (Å²) in [4.78, 5) is 7.60. The van der Waals surface area contributed by atoms with Gasteiger partial charge < -0.3 is 15.8 Å². The number of aromatic nitrogens is 2. The summed E-state index contributed by atoms with van der Waals surface area (Å²) < 4.78 is 0.974. The van der Waals surface area contributed by atoms with E-state index in [0.29, 0.717) is 17.1 Å². The zero-order valence-electron chi connectivity index (χ0n) is 9.31. The molecule has 1 aromatic heterocycles. The number of para-hydroxylation sites is 1. The van der Waals surface area contributed by atoms with E-state index < -0.39 is 0 Å². The predicted octanol–water partition coefficient (Wildman–Crippen LogP) is 3.28. The summed E-state index contributed by atoms with van der Waals surface area (Å²) in [6, 6.07) is 11.0. The minimum absolute atomic E-state index is 0.0515. The number of aromatic hydroxyl groups is 1. The summed E-state index contributed by atoms with van der Waals surface area (Å²) in [6.45, 7) is 0. The van der Waals surface area contributed by atoms with Crippen molar-refractivity contribution in [2.45, 2.75) is 0 Å². The Morgan fingerprint density at radius 3 is 2.89 bits per heavy atom. The van der Waals surface area contributed by atoms with Gasteiger partial charge in [0.05, 0.1) is 22.3 Å². The number of aromatic amines is 1. The third kappa shape index (κ3) is 1.73. The van der Waals surface area contributed by atoms with Gasteiger partial charge in [-0.25, -0.2) is 4.98 Å². The van der Waals surface area contributed by atoms with Crippen LogP contribution in [0.4, 0.5) is 5.69 Å². The smallest absolute Gasteiger partial charge is 0.149 e. The quantitative estimate of drug-likeness (QED) is 0.477. The minimum atomic E-state index is 0.0515. The average Bonchev–Trinajstić information content (AvgIpc) is 2.75. The number of fused-ring (bicyclic) bond motifs is 1. The van der Waals surface area contributed by atoms with E-state index in [1.165, 1.54) is 0 Å². The molecule has 18 heavy (non-hydrogen) atoms. The van der Waals surface area contributed by atoms with Crippen molar-refractivity contribution in [3.63, 3.8) is 0 Å². The van der Waals surface area contributed by atoms with E-state index in [0.717, 1.165) is 15.5 Å². The van der Waals surface area contributed by atoms with Gasteiger partial charge in [0.25, 0.3) is 0 Å². The van der Waals surface area contributed by atoms with Crippen LogP contribution in [0.25, 0.3) is 22.4 Å². The van der Waals surface area contributed by atoms with E-state index in [1.54, 1.807) is 18.2 Å². The number of H-pyrrole nitrogens is 1. The number of phenolic OH excluding ortho intramolecular Hbond substituents is 1. The molecule has 0 spiro atoms. The number of benzene rings is 2. The number of nitrogens with one attached hydrogen (secondary N) is 1. The maximum Gasteiger partial charge on any atom is 0.149 e. The van der Waals surface area contributed by atoms with Gasteiger partial charge in [-0.1, -0.05) is 22.0 Å². The summed E-state index contributed by atoms with van der Waals surface area (Å²) in [5, 5.41) is 9.94. The Balaban J connectivity index is 2.22. The Kier molecular flexibility index (Phi) is 2.48. The monoisotopic (exact) mass is 303 g/mol. The van der Waals surface area contributed by atoms with Crippen molar-refractivity contribution in [2.24, 2.45) is 0 Å². The van der Waals surface area contributed by atoms with Crippen molar-refractivity contribution in [3.8, 4) is 17.1 Å². The van der Waals surface area contributed by atoms with E-state index >= 15 is 0 Å². The number of phenols is 1. The lowest BCUT2D eigenvalue weighted by atomic mass is 10.1. The van der Waals surface area contributed by atoms with Crippen molar-refractivity contribution in [1.82, 2.24) is 9.97 Å². The first-order valence-electron chi connectivity index (χ1n) is 5.38. The average molecular weight is 304 g/mol. The molecule has 3 aromatic rings. The summed E-state index contributed by atoms with van der Waals surface area (Å²) in [6.07, 6.45) is 0. The molecule has 0 atom stereocenters. The number of hydrogen-bond acceptors (Lipinski definition) is 3. The molecular weight excluding hydrogens is 294 g/mol. The molecule has 0 amide bonds. The lowest BCUT2D eigenvalue weighted by Gasteiger charge is -2.03. The van der Waals surface area contributed by atoms with Gasteiger partial charge in [-0.15, -0.1) is 0 Å². The maximum atomic E-state index is 9.94. The molecule has 90 valence electrons. The van der Waals surface area contributed by atoms with Crippen LogP contribution in [0.1, 0.15) is 0 Å². The van der Waals surface area contributed by atoms with Crippen molar-refractivity contribution in [1.29, 1.82) is 0 Å². The largest absolute Gasteiger partial charge is 0.505 e. The van der Waals surface area contributed by atoms with Crippen LogP contribution in [-0.2, 0) is 0 Å². The fourth-order valence-corrected chi connectivity index (χ4v) is 2.22. The number of nitrogens with two attached hydrogens (primary N) is 1. The molecule has 0 aliphatic rings. The van der Waals surface area contributed by atoms with Crippen molar-refractivity contribution < 1.29 is 5.11 Å². The van der Waals surface area contributed by atoms with Crippen LogP contribution in [0.2, 0.25) is 0 Å². The zero-order chi connectivity index (χ0) is 12.7. The molecule has 0 fully saturated rings. The number of imidazole rings is 1. The van der Waals surface area contributed by atoms with Gasteiger partial charge in [-0.2, -0.15) is 0 Å². The maximum absolute atomic E-state index is 9.94. The highest BCUT2D eigenvalue weighted by Gasteiger charge is 2.11. The van der Waals surface area contributed by atoms with E-state index in [1.807, 2.05) is 18.2 Å². The lowest BCUT2D eigenvalue weighted by molar-refractivity contribution is 0.479. The molecule has 4 N–H and O–H groups in total. The Bertz CT molecular complexity index is 736. The predicted molar refractivity (Wildman–Crippen MR) is 75.3 cm³/mol. The first-order chi connectivity index (χ1) is 8.65. The van der Waals surface area contributed by atoms with Crippen LogP contribution < -0.4 is 5.73 Å². The summed E-state index contributed by atoms with van der Waals surface area (Å²) in [5.74, 6) is 0.656. The number of nitrogens with zero attached hydrogens (tertiary/aromatic N) is 1. The number of anilines is 1. The highest BCUT2D eigenvalue weighted by molar-refractivity contribution is 9.10. The SMILES string of the molecule is Nc1cccc(-c2nc3ccc(Br)cc3[nH]2)c1O. The summed E-state index contributed by atoms with van der Waals surface area (Å²) in [5.41, 5.74) is 8.36. The van der Waals surface area contributed by atoms with Gasteiger partial charge >= 0.3 is 0 Å². The molecular formula is C13H10BrN3O. The van der Waals surface area contributed by atoms with E-state index in [2.05, 4.69) is 25.9 Å². The standard InChI is InChI=1S/C13H10BrN3O/c14-7-4-5-10-11(6-7)17-13(16-10)8-2-1-3-9(15)12(8)18/h1-6,18H,15H2,(H,16,17). The first-order valence-corrected chi connectivity index (χ1v) is 6.17. The van der Waals surface area contributed by atoms with Crippen LogP contribution in [0.15, 0.2) is 40.9 Å². The number of halogens is 1. The van der Waals surface area contributed by atoms with Gasteiger partial charge in [0, 0.05) is 4.47 Å². The third-order valence-electron chi connectivity index (χ3n) is 2.77. The fraction of sp³-hybridized carbons (Fsp3) is 0. The van der Waals surface area contributed by atoms with Crippen LogP contribution in [0, 0.1) is 0 Å². The molecule has 4 nitrogen and oxygen atoms in total. The Morgan fingerprint density at radius 1 is 1.22 bits per heavy atom. The number of hydrogen-bond donors (Lipinski definition) is 3. The second-order valence-electron chi connectivity index (χ2n) is 3.99. The third-order valence-corrected chi connectivity index (χ3v) is 3.26. The molecule has 0 aliphatic carbocycles. The molecule has 0 saturated heterocycles. The van der Waals surface area contributed by atoms with Crippen LogP contribution in [0.3, 0.4) is 0 Å². The van der Waals surface area contributed by atoms with Crippen LogP contribution in [0.5, 0.6) is 5.75 Å². The molecule has 0 unspecified atom stereocenters. The summed E-state index contributed by atoms with van der Waals surface area (Å²) in [7, 11) is 0. The van der Waals surface area contributed by atoms with Crippen molar-refractivity contribution in [3.05, 3.63) is 40.9 Å². The highest BCUT2D eigenvalue weighted by atomic mass is 79.9. The molecule has 3 rings (SSSR count). The van der Waals surface area contributed by atoms with Crippen LogP contribution in [-0.4, -0.2) is 15.1 Å².